The highest BCUT2D eigenvalue weighted by Crippen LogP contribution is 2.16. The van der Waals surface area contributed by atoms with Gasteiger partial charge in [-0.25, -0.2) is 8.42 Å². The standard InChI is InChI=1S/C23H33N3O2S/c1-4-24-23(26-17-20(3)22-13-11-19(2)12-14-22)25-15-8-16-29(27,28)18-21-9-6-5-7-10-21/h5-7,9-14,20H,4,8,15-18H2,1-3H3,(H2,24,25,26). The lowest BCUT2D eigenvalue weighted by Crippen LogP contribution is -2.38. The molecule has 6 heteroatoms. The molecule has 0 heterocycles. The maximum atomic E-state index is 12.3. The van der Waals surface area contributed by atoms with Crippen LogP contribution in [-0.2, 0) is 15.6 Å². The van der Waals surface area contributed by atoms with E-state index in [2.05, 4.69) is 53.7 Å². The molecule has 0 radical (unpaired) electrons. The lowest BCUT2D eigenvalue weighted by molar-refractivity contribution is 0.591. The number of sulfone groups is 1. The van der Waals surface area contributed by atoms with Crippen LogP contribution in [0.2, 0.25) is 0 Å². The molecule has 0 saturated heterocycles. The van der Waals surface area contributed by atoms with Gasteiger partial charge in [0.15, 0.2) is 15.8 Å². The summed E-state index contributed by atoms with van der Waals surface area (Å²) in [7, 11) is -3.11. The van der Waals surface area contributed by atoms with E-state index in [1.807, 2.05) is 37.3 Å². The molecule has 0 aliphatic carbocycles. The molecule has 0 amide bonds. The summed E-state index contributed by atoms with van der Waals surface area (Å²) in [4.78, 5) is 4.66. The number of aliphatic imine (C=N–C) groups is 1. The van der Waals surface area contributed by atoms with Crippen molar-refractivity contribution < 1.29 is 8.42 Å². The first-order valence-electron chi connectivity index (χ1n) is 10.2. The highest BCUT2D eigenvalue weighted by molar-refractivity contribution is 7.90. The molecule has 0 bridgehead atoms. The molecular formula is C23H33N3O2S. The van der Waals surface area contributed by atoms with Crippen LogP contribution >= 0.6 is 0 Å². The summed E-state index contributed by atoms with van der Waals surface area (Å²) in [6.07, 6.45) is 0.549. The van der Waals surface area contributed by atoms with Gasteiger partial charge in [-0.3, -0.25) is 4.99 Å². The Morgan fingerprint density at radius 3 is 2.38 bits per heavy atom. The molecule has 2 N–H and O–H groups in total. The SMILES string of the molecule is CCNC(=NCC(C)c1ccc(C)cc1)NCCCS(=O)(=O)Cc1ccccc1. The van der Waals surface area contributed by atoms with Gasteiger partial charge in [-0.05, 0) is 31.4 Å². The molecular weight excluding hydrogens is 382 g/mol. The molecule has 0 aliphatic rings. The van der Waals surface area contributed by atoms with Gasteiger partial charge >= 0.3 is 0 Å². The fourth-order valence-corrected chi connectivity index (χ4v) is 4.40. The van der Waals surface area contributed by atoms with E-state index < -0.39 is 9.84 Å². The van der Waals surface area contributed by atoms with Gasteiger partial charge in [0.1, 0.15) is 0 Å². The van der Waals surface area contributed by atoms with Crippen LogP contribution in [0, 0.1) is 6.92 Å². The maximum Gasteiger partial charge on any atom is 0.191 e. The second kappa shape index (κ2) is 11.6. The zero-order valence-electron chi connectivity index (χ0n) is 17.7. The number of hydrogen-bond donors (Lipinski definition) is 2. The van der Waals surface area contributed by atoms with Crippen molar-refractivity contribution in [1.29, 1.82) is 0 Å². The fourth-order valence-electron chi connectivity index (χ4n) is 2.97. The number of rotatable bonds is 10. The van der Waals surface area contributed by atoms with Gasteiger partial charge in [-0.2, -0.15) is 0 Å². The van der Waals surface area contributed by atoms with Crippen LogP contribution in [-0.4, -0.2) is 39.8 Å². The first-order valence-corrected chi connectivity index (χ1v) is 12.0. The van der Waals surface area contributed by atoms with Crippen molar-refractivity contribution in [3.8, 4) is 0 Å². The number of aryl methyl sites for hydroxylation is 1. The Kier molecular flexibility index (Phi) is 9.19. The van der Waals surface area contributed by atoms with Gasteiger partial charge in [0.25, 0.3) is 0 Å². The van der Waals surface area contributed by atoms with Gasteiger partial charge < -0.3 is 10.6 Å². The van der Waals surface area contributed by atoms with Crippen LogP contribution in [0.5, 0.6) is 0 Å². The predicted molar refractivity (Wildman–Crippen MR) is 122 cm³/mol. The Hall–Kier alpha value is -2.34. The van der Waals surface area contributed by atoms with Crippen LogP contribution in [0.15, 0.2) is 59.6 Å². The van der Waals surface area contributed by atoms with Gasteiger partial charge in [-0.1, -0.05) is 67.1 Å². The van der Waals surface area contributed by atoms with Crippen LogP contribution in [0.1, 0.15) is 42.9 Å². The molecule has 29 heavy (non-hydrogen) atoms. The van der Waals surface area contributed by atoms with Crippen LogP contribution < -0.4 is 10.6 Å². The highest BCUT2D eigenvalue weighted by atomic mass is 32.2. The molecule has 2 aromatic carbocycles. The molecule has 0 fully saturated rings. The Balaban J connectivity index is 1.80. The van der Waals surface area contributed by atoms with E-state index >= 15 is 0 Å². The summed E-state index contributed by atoms with van der Waals surface area (Å²) in [6, 6.07) is 17.8. The smallest absolute Gasteiger partial charge is 0.191 e. The molecule has 0 aromatic heterocycles. The third-order valence-electron chi connectivity index (χ3n) is 4.67. The van der Waals surface area contributed by atoms with Gasteiger partial charge in [0, 0.05) is 25.6 Å². The Morgan fingerprint density at radius 2 is 1.72 bits per heavy atom. The first kappa shape index (κ1) is 22.9. The minimum absolute atomic E-state index is 0.0933. The minimum Gasteiger partial charge on any atom is -0.357 e. The predicted octanol–water partition coefficient (Wildman–Crippen LogP) is 3.66. The Bertz CT molecular complexity index is 863. The largest absolute Gasteiger partial charge is 0.357 e. The third-order valence-corrected chi connectivity index (χ3v) is 6.35. The zero-order chi connectivity index (χ0) is 21.1. The molecule has 0 aliphatic heterocycles. The van der Waals surface area contributed by atoms with Crippen molar-refractivity contribution in [3.63, 3.8) is 0 Å². The van der Waals surface area contributed by atoms with Gasteiger partial charge in [-0.15, -0.1) is 0 Å². The van der Waals surface area contributed by atoms with Crippen molar-refractivity contribution in [2.24, 2.45) is 4.99 Å². The third kappa shape index (κ3) is 8.69. The minimum atomic E-state index is -3.11. The second-order valence-corrected chi connectivity index (χ2v) is 9.57. The highest BCUT2D eigenvalue weighted by Gasteiger charge is 2.12. The molecule has 0 spiro atoms. The van der Waals surface area contributed by atoms with Crippen molar-refractivity contribution in [3.05, 3.63) is 71.3 Å². The second-order valence-electron chi connectivity index (χ2n) is 7.39. The summed E-state index contributed by atoms with van der Waals surface area (Å²) >= 11 is 0. The van der Waals surface area contributed by atoms with Gasteiger partial charge in [0.2, 0.25) is 0 Å². The van der Waals surface area contributed by atoms with E-state index in [1.54, 1.807) is 0 Å². The summed E-state index contributed by atoms with van der Waals surface area (Å²) in [5, 5.41) is 6.47. The maximum absolute atomic E-state index is 12.3. The average Bonchev–Trinajstić information content (AvgIpc) is 2.70. The molecule has 1 atom stereocenters. The van der Waals surface area contributed by atoms with E-state index in [1.165, 1.54) is 11.1 Å². The van der Waals surface area contributed by atoms with E-state index in [4.69, 9.17) is 0 Å². The number of benzene rings is 2. The molecule has 0 saturated carbocycles. The van der Waals surface area contributed by atoms with Crippen LogP contribution in [0.25, 0.3) is 0 Å². The van der Waals surface area contributed by atoms with E-state index in [0.29, 0.717) is 25.4 Å². The van der Waals surface area contributed by atoms with Crippen molar-refractivity contribution in [2.75, 3.05) is 25.4 Å². The number of nitrogens with one attached hydrogen (secondary N) is 2. The summed E-state index contributed by atoms with van der Waals surface area (Å²) in [6.45, 7) is 8.26. The average molecular weight is 416 g/mol. The van der Waals surface area contributed by atoms with E-state index in [0.717, 1.165) is 18.1 Å². The molecule has 1 unspecified atom stereocenters. The van der Waals surface area contributed by atoms with Gasteiger partial charge in [0.05, 0.1) is 11.5 Å². The molecule has 2 aromatic rings. The summed E-state index contributed by atoms with van der Waals surface area (Å²) in [5.74, 6) is 1.30. The van der Waals surface area contributed by atoms with Crippen molar-refractivity contribution in [2.45, 2.75) is 38.9 Å². The van der Waals surface area contributed by atoms with E-state index in [9.17, 15) is 8.42 Å². The fraction of sp³-hybridized carbons (Fsp3) is 0.435. The number of nitrogens with zero attached hydrogens (tertiary/aromatic N) is 1. The zero-order valence-corrected chi connectivity index (χ0v) is 18.5. The van der Waals surface area contributed by atoms with Crippen molar-refractivity contribution in [1.82, 2.24) is 10.6 Å². The number of hydrogen-bond acceptors (Lipinski definition) is 3. The lowest BCUT2D eigenvalue weighted by atomic mass is 10.0. The normalized spacial score (nSPS) is 13.1. The van der Waals surface area contributed by atoms with Crippen molar-refractivity contribution >= 4 is 15.8 Å². The Labute approximate surface area is 175 Å². The first-order chi connectivity index (χ1) is 13.9. The summed E-state index contributed by atoms with van der Waals surface area (Å²) < 4.78 is 24.6. The molecule has 2 rings (SSSR count). The summed E-state index contributed by atoms with van der Waals surface area (Å²) in [5.41, 5.74) is 3.35. The quantitative estimate of drug-likeness (QED) is 0.353. The van der Waals surface area contributed by atoms with E-state index in [-0.39, 0.29) is 11.5 Å². The number of guanidine groups is 1. The van der Waals surface area contributed by atoms with Crippen LogP contribution in [0.4, 0.5) is 0 Å². The van der Waals surface area contributed by atoms with Crippen LogP contribution in [0.3, 0.4) is 0 Å². The Morgan fingerprint density at radius 1 is 1.03 bits per heavy atom. The monoisotopic (exact) mass is 415 g/mol. The lowest BCUT2D eigenvalue weighted by Gasteiger charge is -2.14. The molecule has 158 valence electrons. The molecule has 5 nitrogen and oxygen atoms in total. The topological polar surface area (TPSA) is 70.6 Å².